The predicted octanol–water partition coefficient (Wildman–Crippen LogP) is 1.70. The minimum absolute atomic E-state index is 0.0189. The van der Waals surface area contributed by atoms with E-state index in [9.17, 15) is 22.4 Å². The molecule has 0 radical (unpaired) electrons. The molecule has 0 aliphatic carbocycles. The first-order valence-corrected chi connectivity index (χ1v) is 10.3. The quantitative estimate of drug-likeness (QED) is 0.629. The van der Waals surface area contributed by atoms with Crippen LogP contribution in [0.2, 0.25) is 0 Å². The van der Waals surface area contributed by atoms with Crippen LogP contribution in [0.1, 0.15) is 24.2 Å². The number of nitrogens with one attached hydrogen (secondary N) is 2. The van der Waals surface area contributed by atoms with Crippen LogP contribution in [0.3, 0.4) is 0 Å². The molecule has 2 aromatic carbocycles. The van der Waals surface area contributed by atoms with E-state index in [-0.39, 0.29) is 16.2 Å². The van der Waals surface area contributed by atoms with E-state index in [1.165, 1.54) is 46.8 Å². The van der Waals surface area contributed by atoms with Gasteiger partial charge in [-0.1, -0.05) is 26.0 Å². The summed E-state index contributed by atoms with van der Waals surface area (Å²) < 4.78 is 44.6. The van der Waals surface area contributed by atoms with E-state index in [0.29, 0.717) is 13.1 Å². The van der Waals surface area contributed by atoms with Crippen LogP contribution in [0.4, 0.5) is 4.39 Å². The van der Waals surface area contributed by atoms with Crippen molar-refractivity contribution in [1.82, 2.24) is 15.2 Å². The minimum Gasteiger partial charge on any atom is -0.484 e. The molecule has 156 valence electrons. The van der Waals surface area contributed by atoms with Gasteiger partial charge in [-0.15, -0.1) is 0 Å². The molecule has 0 unspecified atom stereocenters. The summed E-state index contributed by atoms with van der Waals surface area (Å²) in [6, 6.07) is 10.8. The van der Waals surface area contributed by atoms with Gasteiger partial charge in [-0.25, -0.2) is 12.8 Å². The van der Waals surface area contributed by atoms with Gasteiger partial charge in [0.1, 0.15) is 11.6 Å². The number of hydrazine groups is 1. The number of ether oxygens (including phenoxy) is 1. The molecule has 0 heterocycles. The van der Waals surface area contributed by atoms with Gasteiger partial charge < -0.3 is 4.74 Å². The molecule has 2 N–H and O–H groups in total. The molecule has 10 heteroatoms. The first-order valence-electron chi connectivity index (χ1n) is 8.85. The Labute approximate surface area is 168 Å². The summed E-state index contributed by atoms with van der Waals surface area (Å²) in [6.45, 7) is 3.60. The van der Waals surface area contributed by atoms with Gasteiger partial charge in [0, 0.05) is 24.7 Å². The Morgan fingerprint density at radius 3 is 2.38 bits per heavy atom. The van der Waals surface area contributed by atoms with Gasteiger partial charge in [-0.2, -0.15) is 4.31 Å². The first-order chi connectivity index (χ1) is 13.8. The van der Waals surface area contributed by atoms with E-state index >= 15 is 0 Å². The Morgan fingerprint density at radius 1 is 1.03 bits per heavy atom. The third-order valence-corrected chi connectivity index (χ3v) is 5.97. The average Bonchev–Trinajstić information content (AvgIpc) is 2.71. The predicted molar refractivity (Wildman–Crippen MR) is 104 cm³/mol. The highest BCUT2D eigenvalue weighted by molar-refractivity contribution is 7.89. The van der Waals surface area contributed by atoms with E-state index in [1.807, 2.05) is 0 Å². The summed E-state index contributed by atoms with van der Waals surface area (Å²) in [7, 11) is -3.72. The first kappa shape index (κ1) is 22.3. The topological polar surface area (TPSA) is 105 Å². The number of halogens is 1. The molecule has 0 saturated carbocycles. The second kappa shape index (κ2) is 9.99. The number of sulfonamides is 1. The summed E-state index contributed by atoms with van der Waals surface area (Å²) >= 11 is 0. The second-order valence-corrected chi connectivity index (χ2v) is 7.80. The molecule has 2 aromatic rings. The van der Waals surface area contributed by atoms with Crippen LogP contribution in [-0.2, 0) is 14.8 Å². The van der Waals surface area contributed by atoms with Gasteiger partial charge in [0.05, 0.1) is 4.90 Å². The number of hydrogen-bond acceptors (Lipinski definition) is 5. The van der Waals surface area contributed by atoms with E-state index < -0.39 is 34.3 Å². The number of nitrogens with zero attached hydrogens (tertiary/aromatic N) is 1. The van der Waals surface area contributed by atoms with Crippen molar-refractivity contribution < 1.29 is 27.1 Å². The number of carbonyl (C=O) groups excluding carboxylic acids is 2. The molecule has 0 aliphatic rings. The van der Waals surface area contributed by atoms with E-state index in [2.05, 4.69) is 10.9 Å². The molecule has 0 fully saturated rings. The van der Waals surface area contributed by atoms with Crippen molar-refractivity contribution in [3.05, 3.63) is 59.9 Å². The van der Waals surface area contributed by atoms with Crippen molar-refractivity contribution in [1.29, 1.82) is 0 Å². The normalized spacial score (nSPS) is 11.2. The van der Waals surface area contributed by atoms with E-state index in [0.717, 1.165) is 6.07 Å². The maximum Gasteiger partial charge on any atom is 0.276 e. The van der Waals surface area contributed by atoms with Crippen molar-refractivity contribution in [2.24, 2.45) is 0 Å². The van der Waals surface area contributed by atoms with Crippen LogP contribution in [0.15, 0.2) is 53.4 Å². The van der Waals surface area contributed by atoms with Crippen LogP contribution in [-0.4, -0.2) is 44.2 Å². The van der Waals surface area contributed by atoms with Gasteiger partial charge in [0.25, 0.3) is 11.8 Å². The molecule has 0 aromatic heterocycles. The number of hydrogen-bond donors (Lipinski definition) is 2. The van der Waals surface area contributed by atoms with Gasteiger partial charge in [0.15, 0.2) is 6.61 Å². The molecule has 0 bridgehead atoms. The SMILES string of the molecule is CCN(CC)S(=O)(=O)c1cccc(C(=O)NNC(=O)COc2cccc(F)c2)c1. The molecule has 8 nitrogen and oxygen atoms in total. The average molecular weight is 423 g/mol. The van der Waals surface area contributed by atoms with E-state index in [4.69, 9.17) is 4.74 Å². The molecule has 29 heavy (non-hydrogen) atoms. The molecule has 0 atom stereocenters. The van der Waals surface area contributed by atoms with Crippen molar-refractivity contribution in [3.8, 4) is 5.75 Å². The fourth-order valence-electron chi connectivity index (χ4n) is 2.45. The monoisotopic (exact) mass is 423 g/mol. The van der Waals surface area contributed by atoms with Crippen LogP contribution < -0.4 is 15.6 Å². The number of rotatable bonds is 8. The van der Waals surface area contributed by atoms with Crippen LogP contribution in [0.25, 0.3) is 0 Å². The highest BCUT2D eigenvalue weighted by Gasteiger charge is 2.22. The van der Waals surface area contributed by atoms with Crippen molar-refractivity contribution in [3.63, 3.8) is 0 Å². The highest BCUT2D eigenvalue weighted by atomic mass is 32.2. The van der Waals surface area contributed by atoms with Gasteiger partial charge in [-0.05, 0) is 30.3 Å². The Morgan fingerprint density at radius 2 is 1.72 bits per heavy atom. The van der Waals surface area contributed by atoms with Crippen LogP contribution >= 0.6 is 0 Å². The Balaban J connectivity index is 1.96. The lowest BCUT2D eigenvalue weighted by Crippen LogP contribution is -2.43. The molecule has 0 aliphatic heterocycles. The fraction of sp³-hybridized carbons (Fsp3) is 0.263. The molecule has 2 rings (SSSR count). The van der Waals surface area contributed by atoms with Gasteiger partial charge in [-0.3, -0.25) is 20.4 Å². The molecular weight excluding hydrogens is 401 g/mol. The molecule has 0 spiro atoms. The molecule has 2 amide bonds. The number of carbonyl (C=O) groups is 2. The zero-order chi connectivity index (χ0) is 21.4. The third kappa shape index (κ3) is 6.00. The molecule has 0 saturated heterocycles. The third-order valence-electron chi connectivity index (χ3n) is 3.92. The summed E-state index contributed by atoms with van der Waals surface area (Å²) in [5, 5.41) is 0. The second-order valence-electron chi connectivity index (χ2n) is 5.87. The van der Waals surface area contributed by atoms with Crippen molar-refractivity contribution in [2.75, 3.05) is 19.7 Å². The fourth-order valence-corrected chi connectivity index (χ4v) is 3.96. The smallest absolute Gasteiger partial charge is 0.276 e. The van der Waals surface area contributed by atoms with Crippen LogP contribution in [0, 0.1) is 5.82 Å². The highest BCUT2D eigenvalue weighted by Crippen LogP contribution is 2.17. The maximum atomic E-state index is 13.1. The lowest BCUT2D eigenvalue weighted by atomic mass is 10.2. The van der Waals surface area contributed by atoms with Gasteiger partial charge in [0.2, 0.25) is 10.0 Å². The van der Waals surface area contributed by atoms with Crippen LogP contribution in [0.5, 0.6) is 5.75 Å². The van der Waals surface area contributed by atoms with Gasteiger partial charge >= 0.3 is 0 Å². The number of amides is 2. The Bertz CT molecular complexity index is 977. The summed E-state index contributed by atoms with van der Waals surface area (Å²) in [5.41, 5.74) is 4.39. The lowest BCUT2D eigenvalue weighted by Gasteiger charge is -2.18. The molecular formula is C19H22FN3O5S. The Hall–Kier alpha value is -2.98. The summed E-state index contributed by atoms with van der Waals surface area (Å²) in [4.78, 5) is 24.0. The van der Waals surface area contributed by atoms with Crippen molar-refractivity contribution >= 4 is 21.8 Å². The summed E-state index contributed by atoms with van der Waals surface area (Å²) in [5.74, 6) is -1.70. The standard InChI is InChI=1S/C19H22FN3O5S/c1-3-23(4-2)29(26,27)17-10-5-7-14(11-17)19(25)22-21-18(24)13-28-16-9-6-8-15(20)12-16/h5-12H,3-4,13H2,1-2H3,(H,21,24)(H,22,25). The maximum absolute atomic E-state index is 13.1. The summed E-state index contributed by atoms with van der Waals surface area (Å²) in [6.07, 6.45) is 0. The largest absolute Gasteiger partial charge is 0.484 e. The number of benzene rings is 2. The zero-order valence-corrected chi connectivity index (χ0v) is 16.8. The minimum atomic E-state index is -3.72. The van der Waals surface area contributed by atoms with Crippen molar-refractivity contribution in [2.45, 2.75) is 18.7 Å². The van der Waals surface area contributed by atoms with E-state index in [1.54, 1.807) is 13.8 Å². The lowest BCUT2D eigenvalue weighted by molar-refractivity contribution is -0.123. The zero-order valence-electron chi connectivity index (χ0n) is 16.0. The Kier molecular flexibility index (Phi) is 7.68.